The van der Waals surface area contributed by atoms with Crippen LogP contribution >= 0.6 is 0 Å². The summed E-state index contributed by atoms with van der Waals surface area (Å²) in [7, 11) is 0. The van der Waals surface area contributed by atoms with Crippen LogP contribution in [-0.2, 0) is 9.59 Å². The smallest absolute Gasteiger partial charge is 0.303 e. The highest BCUT2D eigenvalue weighted by Gasteiger charge is 2.32. The van der Waals surface area contributed by atoms with Gasteiger partial charge in [-0.3, -0.25) is 9.59 Å². The largest absolute Gasteiger partial charge is 0.481 e. The summed E-state index contributed by atoms with van der Waals surface area (Å²) < 4.78 is 0. The van der Waals surface area contributed by atoms with Gasteiger partial charge in [-0.25, -0.2) is 0 Å². The van der Waals surface area contributed by atoms with Gasteiger partial charge in [-0.15, -0.1) is 0 Å². The molecule has 0 unspecified atom stereocenters. The number of aliphatic hydroxyl groups excluding tert-OH is 1. The first-order valence-corrected chi connectivity index (χ1v) is 4.34. The minimum atomic E-state index is -1.04. The Bertz CT molecular complexity index is 205. The lowest BCUT2D eigenvalue weighted by molar-refractivity contribution is -0.143. The molecule has 0 aliphatic heterocycles. The van der Waals surface area contributed by atoms with Crippen molar-refractivity contribution in [1.82, 2.24) is 0 Å². The quantitative estimate of drug-likeness (QED) is 0.588. The van der Waals surface area contributed by atoms with Crippen LogP contribution in [-0.4, -0.2) is 33.9 Å². The number of aliphatic hydroxyl groups is 1. The molecule has 0 aliphatic carbocycles. The van der Waals surface area contributed by atoms with Crippen molar-refractivity contribution < 1.29 is 24.9 Å². The van der Waals surface area contributed by atoms with Crippen LogP contribution in [0.5, 0.6) is 0 Å². The molecule has 0 aromatic carbocycles. The Morgan fingerprint density at radius 2 is 1.50 bits per heavy atom. The van der Waals surface area contributed by atoms with E-state index in [9.17, 15) is 9.59 Å². The Morgan fingerprint density at radius 1 is 1.14 bits per heavy atom. The van der Waals surface area contributed by atoms with E-state index in [1.807, 2.05) is 0 Å². The predicted molar refractivity (Wildman–Crippen MR) is 48.9 cm³/mol. The number of carbonyl (C=O) groups is 2. The highest BCUT2D eigenvalue weighted by molar-refractivity contribution is 5.71. The van der Waals surface area contributed by atoms with Crippen LogP contribution < -0.4 is 0 Å². The molecule has 0 aromatic heterocycles. The molecule has 0 spiro atoms. The van der Waals surface area contributed by atoms with Gasteiger partial charge in [0, 0.05) is 19.4 Å². The van der Waals surface area contributed by atoms with Gasteiger partial charge in [0.2, 0.25) is 0 Å². The molecule has 0 rings (SSSR count). The monoisotopic (exact) mass is 204 g/mol. The van der Waals surface area contributed by atoms with Crippen LogP contribution in [0, 0.1) is 11.3 Å². The molecule has 0 bridgehead atoms. The maximum absolute atomic E-state index is 10.5. The molecule has 0 radical (unpaired) electrons. The summed E-state index contributed by atoms with van der Waals surface area (Å²) >= 11 is 0. The lowest BCUT2D eigenvalue weighted by Crippen LogP contribution is -2.31. The molecule has 3 N–H and O–H groups in total. The fourth-order valence-electron chi connectivity index (χ4n) is 1.18. The molecule has 82 valence electrons. The van der Waals surface area contributed by atoms with Crippen molar-refractivity contribution in [3.05, 3.63) is 0 Å². The van der Waals surface area contributed by atoms with E-state index in [4.69, 9.17) is 15.3 Å². The fraction of sp³-hybridized carbons (Fsp3) is 0.778. The molecule has 5 nitrogen and oxygen atoms in total. The van der Waals surface area contributed by atoms with Gasteiger partial charge in [0.05, 0.1) is 0 Å². The van der Waals surface area contributed by atoms with Gasteiger partial charge in [-0.1, -0.05) is 13.8 Å². The van der Waals surface area contributed by atoms with Crippen molar-refractivity contribution >= 4 is 11.9 Å². The Kier molecular flexibility index (Phi) is 4.56. The van der Waals surface area contributed by atoms with E-state index < -0.39 is 23.3 Å². The van der Waals surface area contributed by atoms with Gasteiger partial charge < -0.3 is 15.3 Å². The van der Waals surface area contributed by atoms with Crippen LogP contribution in [0.2, 0.25) is 0 Å². The Balaban J connectivity index is 4.53. The number of carboxylic acids is 2. The normalized spacial score (nSPS) is 11.7. The van der Waals surface area contributed by atoms with Crippen LogP contribution in [0.4, 0.5) is 0 Å². The minimum Gasteiger partial charge on any atom is -0.481 e. The van der Waals surface area contributed by atoms with Gasteiger partial charge in [-0.05, 0) is 11.3 Å². The minimum absolute atomic E-state index is 0.224. The van der Waals surface area contributed by atoms with Crippen LogP contribution in [0.3, 0.4) is 0 Å². The Hall–Kier alpha value is -1.10. The van der Waals surface area contributed by atoms with Crippen LogP contribution in [0.1, 0.15) is 26.7 Å². The molecule has 0 fully saturated rings. The van der Waals surface area contributed by atoms with Crippen molar-refractivity contribution in [2.75, 3.05) is 6.61 Å². The molecule has 0 aliphatic rings. The molecule has 0 saturated carbocycles. The molecule has 0 atom stereocenters. The van der Waals surface area contributed by atoms with Crippen molar-refractivity contribution in [2.24, 2.45) is 11.3 Å². The van der Waals surface area contributed by atoms with Gasteiger partial charge in [0.1, 0.15) is 0 Å². The van der Waals surface area contributed by atoms with Crippen molar-refractivity contribution in [3.8, 4) is 0 Å². The summed E-state index contributed by atoms with van der Waals surface area (Å²) in [5, 5.41) is 26.2. The fourth-order valence-corrected chi connectivity index (χ4v) is 1.18. The van der Waals surface area contributed by atoms with E-state index in [2.05, 4.69) is 0 Å². The Labute approximate surface area is 82.4 Å². The number of hydrogen-bond acceptors (Lipinski definition) is 3. The van der Waals surface area contributed by atoms with Crippen molar-refractivity contribution in [2.45, 2.75) is 26.7 Å². The van der Waals surface area contributed by atoms with E-state index in [1.54, 1.807) is 13.8 Å². The van der Waals surface area contributed by atoms with Gasteiger partial charge in [0.15, 0.2) is 0 Å². The second-order valence-electron chi connectivity index (χ2n) is 4.04. The average molecular weight is 204 g/mol. The lowest BCUT2D eigenvalue weighted by Gasteiger charge is -2.30. The standard InChI is InChI=1S/C9H16O5/c1-9(2,5-10)6(3-7(11)12)4-8(13)14/h6,10H,3-5H2,1-2H3,(H,11,12)(H,13,14). The first kappa shape index (κ1) is 12.9. The highest BCUT2D eigenvalue weighted by Crippen LogP contribution is 2.31. The average Bonchev–Trinajstić information content (AvgIpc) is 2.01. The summed E-state index contributed by atoms with van der Waals surface area (Å²) in [4.78, 5) is 21.0. The number of hydrogen-bond donors (Lipinski definition) is 3. The van der Waals surface area contributed by atoms with E-state index in [0.29, 0.717) is 0 Å². The van der Waals surface area contributed by atoms with Crippen molar-refractivity contribution in [1.29, 1.82) is 0 Å². The summed E-state index contributed by atoms with van der Waals surface area (Å²) in [6.45, 7) is 3.09. The molecule has 0 heterocycles. The second-order valence-corrected chi connectivity index (χ2v) is 4.04. The van der Waals surface area contributed by atoms with E-state index in [0.717, 1.165) is 0 Å². The second kappa shape index (κ2) is 4.95. The summed E-state index contributed by atoms with van der Waals surface area (Å²) in [5.74, 6) is -2.64. The molecule has 0 saturated heterocycles. The van der Waals surface area contributed by atoms with Crippen molar-refractivity contribution in [3.63, 3.8) is 0 Å². The van der Waals surface area contributed by atoms with Gasteiger partial charge in [0.25, 0.3) is 0 Å². The first-order chi connectivity index (χ1) is 6.29. The summed E-state index contributed by atoms with van der Waals surface area (Å²) in [5.41, 5.74) is -0.684. The third-order valence-electron chi connectivity index (χ3n) is 2.35. The molecule has 5 heteroatoms. The van der Waals surface area contributed by atoms with Crippen LogP contribution in [0.25, 0.3) is 0 Å². The highest BCUT2D eigenvalue weighted by atomic mass is 16.4. The van der Waals surface area contributed by atoms with Crippen LogP contribution in [0.15, 0.2) is 0 Å². The van der Waals surface area contributed by atoms with E-state index in [-0.39, 0.29) is 19.4 Å². The third-order valence-corrected chi connectivity index (χ3v) is 2.35. The maximum Gasteiger partial charge on any atom is 0.303 e. The summed E-state index contributed by atoms with van der Waals surface area (Å²) in [6.07, 6.45) is -0.473. The maximum atomic E-state index is 10.5. The zero-order chi connectivity index (χ0) is 11.4. The third kappa shape index (κ3) is 4.23. The topological polar surface area (TPSA) is 94.8 Å². The number of rotatable bonds is 6. The molecule has 14 heavy (non-hydrogen) atoms. The van der Waals surface area contributed by atoms with Gasteiger partial charge >= 0.3 is 11.9 Å². The molecular formula is C9H16O5. The Morgan fingerprint density at radius 3 is 1.71 bits per heavy atom. The molecule has 0 amide bonds. The van der Waals surface area contributed by atoms with E-state index in [1.165, 1.54) is 0 Å². The zero-order valence-electron chi connectivity index (χ0n) is 8.36. The SMILES string of the molecule is CC(C)(CO)C(CC(=O)O)CC(=O)O. The zero-order valence-corrected chi connectivity index (χ0v) is 8.36. The van der Waals surface area contributed by atoms with Gasteiger partial charge in [-0.2, -0.15) is 0 Å². The molecular weight excluding hydrogens is 188 g/mol. The summed E-state index contributed by atoms with van der Waals surface area (Å²) in [6, 6.07) is 0. The van der Waals surface area contributed by atoms with E-state index >= 15 is 0 Å². The molecule has 0 aromatic rings. The number of carboxylic acid groups (broad SMARTS) is 2. The predicted octanol–water partition coefficient (Wildman–Crippen LogP) is 0.571. The first-order valence-electron chi connectivity index (χ1n) is 4.34. The number of aliphatic carboxylic acids is 2. The lowest BCUT2D eigenvalue weighted by atomic mass is 9.76.